The van der Waals surface area contributed by atoms with Crippen molar-refractivity contribution in [1.29, 1.82) is 0 Å². The molecule has 2 heteroatoms. The van der Waals surface area contributed by atoms with E-state index in [1.165, 1.54) is 32.4 Å². The SMILES string of the molecule is CC[C@H]1CCN2CCC[C@H]2[C@H]1O. The Hall–Kier alpha value is -0.0800. The summed E-state index contributed by atoms with van der Waals surface area (Å²) in [4.78, 5) is 2.47. The quantitative estimate of drug-likeness (QED) is 0.638. The molecule has 0 amide bonds. The highest BCUT2D eigenvalue weighted by molar-refractivity contribution is 4.92. The monoisotopic (exact) mass is 169 g/mol. The first-order valence-electron chi connectivity index (χ1n) is 5.25. The van der Waals surface area contributed by atoms with Gasteiger partial charge in [0.1, 0.15) is 0 Å². The summed E-state index contributed by atoms with van der Waals surface area (Å²) in [5, 5.41) is 10.00. The van der Waals surface area contributed by atoms with E-state index < -0.39 is 0 Å². The van der Waals surface area contributed by atoms with E-state index in [9.17, 15) is 5.11 Å². The van der Waals surface area contributed by atoms with Gasteiger partial charge in [-0.1, -0.05) is 13.3 Å². The second-order valence-corrected chi connectivity index (χ2v) is 4.19. The van der Waals surface area contributed by atoms with Crippen LogP contribution in [-0.2, 0) is 0 Å². The number of rotatable bonds is 1. The van der Waals surface area contributed by atoms with Crippen LogP contribution in [0.5, 0.6) is 0 Å². The van der Waals surface area contributed by atoms with Crippen molar-refractivity contribution >= 4 is 0 Å². The molecule has 1 N–H and O–H groups in total. The number of aliphatic hydroxyl groups excluding tert-OH is 1. The molecule has 0 aromatic carbocycles. The van der Waals surface area contributed by atoms with Gasteiger partial charge in [0, 0.05) is 6.04 Å². The lowest BCUT2D eigenvalue weighted by atomic mass is 9.86. The van der Waals surface area contributed by atoms with Crippen molar-refractivity contribution in [2.24, 2.45) is 5.92 Å². The maximum atomic E-state index is 10.00. The number of hydrogen-bond donors (Lipinski definition) is 1. The molecule has 0 spiro atoms. The molecule has 2 aliphatic rings. The van der Waals surface area contributed by atoms with E-state index in [0.29, 0.717) is 12.0 Å². The molecule has 2 rings (SSSR count). The van der Waals surface area contributed by atoms with Crippen LogP contribution in [-0.4, -0.2) is 35.2 Å². The average molecular weight is 169 g/mol. The van der Waals surface area contributed by atoms with Gasteiger partial charge in [0.15, 0.2) is 0 Å². The summed E-state index contributed by atoms with van der Waals surface area (Å²) in [6, 6.07) is 0.503. The smallest absolute Gasteiger partial charge is 0.0723 e. The Morgan fingerprint density at radius 2 is 2.17 bits per heavy atom. The largest absolute Gasteiger partial charge is 0.391 e. The van der Waals surface area contributed by atoms with Crippen molar-refractivity contribution in [3.05, 3.63) is 0 Å². The molecule has 2 fully saturated rings. The first-order valence-corrected chi connectivity index (χ1v) is 5.25. The molecule has 0 aliphatic carbocycles. The van der Waals surface area contributed by atoms with Gasteiger partial charge >= 0.3 is 0 Å². The van der Waals surface area contributed by atoms with Crippen LogP contribution in [0.2, 0.25) is 0 Å². The molecule has 0 aromatic rings. The molecule has 2 aliphatic heterocycles. The van der Waals surface area contributed by atoms with Crippen molar-refractivity contribution in [2.45, 2.75) is 44.8 Å². The predicted molar refractivity (Wildman–Crippen MR) is 49.0 cm³/mol. The average Bonchev–Trinajstić information content (AvgIpc) is 2.53. The lowest BCUT2D eigenvalue weighted by molar-refractivity contribution is -0.0124. The molecule has 0 bridgehead atoms. The third kappa shape index (κ3) is 1.27. The Balaban J connectivity index is 2.02. The highest BCUT2D eigenvalue weighted by Crippen LogP contribution is 2.31. The zero-order valence-corrected chi connectivity index (χ0v) is 7.87. The van der Waals surface area contributed by atoms with E-state index >= 15 is 0 Å². The Bertz CT molecular complexity index is 160. The zero-order valence-electron chi connectivity index (χ0n) is 7.87. The third-order valence-electron chi connectivity index (χ3n) is 3.60. The maximum absolute atomic E-state index is 10.00. The fourth-order valence-electron chi connectivity index (χ4n) is 2.78. The minimum atomic E-state index is -0.0359. The summed E-state index contributed by atoms with van der Waals surface area (Å²) in [7, 11) is 0. The van der Waals surface area contributed by atoms with Gasteiger partial charge in [-0.25, -0.2) is 0 Å². The van der Waals surface area contributed by atoms with Gasteiger partial charge in [0.25, 0.3) is 0 Å². The van der Waals surface area contributed by atoms with Crippen molar-refractivity contribution in [3.8, 4) is 0 Å². The Morgan fingerprint density at radius 3 is 2.92 bits per heavy atom. The van der Waals surface area contributed by atoms with Crippen LogP contribution in [0, 0.1) is 5.92 Å². The Labute approximate surface area is 74.6 Å². The van der Waals surface area contributed by atoms with E-state index in [-0.39, 0.29) is 6.10 Å². The van der Waals surface area contributed by atoms with Crippen LogP contribution in [0.1, 0.15) is 32.6 Å². The van der Waals surface area contributed by atoms with Gasteiger partial charge < -0.3 is 5.11 Å². The fraction of sp³-hybridized carbons (Fsp3) is 1.00. The highest BCUT2D eigenvalue weighted by atomic mass is 16.3. The van der Waals surface area contributed by atoms with Gasteiger partial charge in [0.2, 0.25) is 0 Å². The van der Waals surface area contributed by atoms with Gasteiger partial charge in [-0.2, -0.15) is 0 Å². The molecule has 70 valence electrons. The minimum absolute atomic E-state index is 0.0359. The number of piperidine rings is 1. The molecule has 0 saturated carbocycles. The summed E-state index contributed by atoms with van der Waals surface area (Å²) in [5.74, 6) is 0.573. The normalized spacial score (nSPS) is 43.0. The zero-order chi connectivity index (χ0) is 8.55. The van der Waals surface area contributed by atoms with Gasteiger partial charge in [-0.3, -0.25) is 4.90 Å². The van der Waals surface area contributed by atoms with Crippen LogP contribution in [0.15, 0.2) is 0 Å². The lowest BCUT2D eigenvalue weighted by Gasteiger charge is -2.39. The predicted octanol–water partition coefficient (Wildman–Crippen LogP) is 1.24. The van der Waals surface area contributed by atoms with Crippen molar-refractivity contribution < 1.29 is 5.11 Å². The molecule has 12 heavy (non-hydrogen) atoms. The molecular weight excluding hydrogens is 150 g/mol. The summed E-state index contributed by atoms with van der Waals surface area (Å²) < 4.78 is 0. The molecule has 2 nitrogen and oxygen atoms in total. The summed E-state index contributed by atoms with van der Waals surface area (Å²) in [6.07, 6.45) is 4.82. The number of aliphatic hydroxyl groups is 1. The summed E-state index contributed by atoms with van der Waals surface area (Å²) in [6.45, 7) is 4.64. The molecule has 0 unspecified atom stereocenters. The first-order chi connectivity index (χ1) is 5.83. The van der Waals surface area contributed by atoms with Gasteiger partial charge in [-0.05, 0) is 38.3 Å². The summed E-state index contributed by atoms with van der Waals surface area (Å²) in [5.41, 5.74) is 0. The van der Waals surface area contributed by atoms with E-state index in [4.69, 9.17) is 0 Å². The molecule has 0 aromatic heterocycles. The van der Waals surface area contributed by atoms with Crippen molar-refractivity contribution in [1.82, 2.24) is 4.90 Å². The van der Waals surface area contributed by atoms with Crippen LogP contribution < -0.4 is 0 Å². The Kier molecular flexibility index (Phi) is 2.37. The number of nitrogens with zero attached hydrogens (tertiary/aromatic N) is 1. The highest BCUT2D eigenvalue weighted by Gasteiger charge is 2.38. The molecular formula is C10H19NO. The van der Waals surface area contributed by atoms with Gasteiger partial charge in [-0.15, -0.1) is 0 Å². The van der Waals surface area contributed by atoms with Crippen LogP contribution in [0.25, 0.3) is 0 Å². The van der Waals surface area contributed by atoms with Crippen LogP contribution >= 0.6 is 0 Å². The summed E-state index contributed by atoms with van der Waals surface area (Å²) >= 11 is 0. The van der Waals surface area contributed by atoms with Crippen molar-refractivity contribution in [2.75, 3.05) is 13.1 Å². The Morgan fingerprint density at radius 1 is 1.33 bits per heavy atom. The van der Waals surface area contributed by atoms with E-state index in [0.717, 1.165) is 6.42 Å². The second-order valence-electron chi connectivity index (χ2n) is 4.19. The van der Waals surface area contributed by atoms with Gasteiger partial charge in [0.05, 0.1) is 6.10 Å². The standard InChI is InChI=1S/C10H19NO/c1-2-8-5-7-11-6-3-4-9(11)10(8)12/h8-10,12H,2-7H2,1H3/t8-,9-,10-/m0/s1. The minimum Gasteiger partial charge on any atom is -0.391 e. The van der Waals surface area contributed by atoms with E-state index in [1.807, 2.05) is 0 Å². The fourth-order valence-corrected chi connectivity index (χ4v) is 2.78. The first kappa shape index (κ1) is 8.52. The van der Waals surface area contributed by atoms with E-state index in [2.05, 4.69) is 11.8 Å². The maximum Gasteiger partial charge on any atom is 0.0723 e. The second kappa shape index (κ2) is 3.35. The number of fused-ring (bicyclic) bond motifs is 1. The molecule has 0 radical (unpaired) electrons. The lowest BCUT2D eigenvalue weighted by Crippen LogP contribution is -2.48. The molecule has 2 heterocycles. The topological polar surface area (TPSA) is 23.5 Å². The van der Waals surface area contributed by atoms with Crippen LogP contribution in [0.4, 0.5) is 0 Å². The van der Waals surface area contributed by atoms with E-state index in [1.54, 1.807) is 0 Å². The van der Waals surface area contributed by atoms with Crippen molar-refractivity contribution in [3.63, 3.8) is 0 Å². The van der Waals surface area contributed by atoms with Crippen LogP contribution in [0.3, 0.4) is 0 Å². The molecule has 2 saturated heterocycles. The third-order valence-corrected chi connectivity index (χ3v) is 3.60. The molecule has 3 atom stereocenters. The number of hydrogen-bond acceptors (Lipinski definition) is 2.